The van der Waals surface area contributed by atoms with Gasteiger partial charge in [-0.1, -0.05) is 13.3 Å². The molecule has 3 heteroatoms. The lowest BCUT2D eigenvalue weighted by Gasteiger charge is -2.46. The van der Waals surface area contributed by atoms with Gasteiger partial charge in [0.05, 0.1) is 25.4 Å². The van der Waals surface area contributed by atoms with Crippen LogP contribution in [-0.4, -0.2) is 49.0 Å². The molecule has 18 heavy (non-hydrogen) atoms. The summed E-state index contributed by atoms with van der Waals surface area (Å²) in [5.41, 5.74) is -0.0187. The summed E-state index contributed by atoms with van der Waals surface area (Å²) < 4.78 is 11.6. The minimum atomic E-state index is -0.0187. The Labute approximate surface area is 112 Å². The predicted octanol–water partition coefficient (Wildman–Crippen LogP) is 2.69. The van der Waals surface area contributed by atoms with Crippen LogP contribution < -0.4 is 0 Å². The van der Waals surface area contributed by atoms with Crippen LogP contribution in [0.1, 0.15) is 47.0 Å². The largest absolute Gasteiger partial charge is 0.378 e. The Morgan fingerprint density at radius 2 is 1.83 bits per heavy atom. The molecular weight excluding hydrogens is 226 g/mol. The lowest BCUT2D eigenvalue weighted by Crippen LogP contribution is -2.56. The zero-order valence-corrected chi connectivity index (χ0v) is 12.4. The maximum absolute atomic E-state index is 5.90. The molecule has 2 heterocycles. The van der Waals surface area contributed by atoms with E-state index in [-0.39, 0.29) is 5.60 Å². The number of piperidine rings is 1. The normalized spacial score (nSPS) is 31.3. The molecule has 0 N–H and O–H groups in total. The lowest BCUT2D eigenvalue weighted by molar-refractivity contribution is -0.0882. The van der Waals surface area contributed by atoms with Crippen LogP contribution >= 0.6 is 0 Å². The van der Waals surface area contributed by atoms with Gasteiger partial charge in [-0.05, 0) is 39.5 Å². The minimum absolute atomic E-state index is 0.0187. The van der Waals surface area contributed by atoms with Gasteiger partial charge in [-0.3, -0.25) is 4.90 Å². The fraction of sp³-hybridized carbons (Fsp3) is 1.00. The van der Waals surface area contributed by atoms with Crippen molar-refractivity contribution in [3.63, 3.8) is 0 Å². The fourth-order valence-corrected chi connectivity index (χ4v) is 3.02. The van der Waals surface area contributed by atoms with Gasteiger partial charge in [-0.15, -0.1) is 0 Å². The van der Waals surface area contributed by atoms with E-state index in [9.17, 15) is 0 Å². The second kappa shape index (κ2) is 5.89. The number of hydrogen-bond acceptors (Lipinski definition) is 3. The van der Waals surface area contributed by atoms with Crippen LogP contribution in [-0.2, 0) is 9.47 Å². The second-order valence-corrected chi connectivity index (χ2v) is 7.00. The molecule has 2 unspecified atom stereocenters. The van der Waals surface area contributed by atoms with Crippen molar-refractivity contribution >= 4 is 0 Å². The number of nitrogens with zero attached hydrogens (tertiary/aromatic N) is 1. The standard InChI is InChI=1S/C15H29NO2/c1-12(9-18-15(2,3)4)8-16-13-6-5-7-14(16)11-17-10-13/h12-14H,5-11H2,1-4H3/t12-,13?,14?/m1/s1. The Balaban J connectivity index is 1.81. The molecule has 2 fully saturated rings. The smallest absolute Gasteiger partial charge is 0.0622 e. The topological polar surface area (TPSA) is 21.7 Å². The van der Waals surface area contributed by atoms with Crippen molar-refractivity contribution in [1.82, 2.24) is 4.90 Å². The third kappa shape index (κ3) is 3.94. The molecule has 2 saturated heterocycles. The van der Waals surface area contributed by atoms with Gasteiger partial charge in [-0.25, -0.2) is 0 Å². The Bertz CT molecular complexity index is 240. The number of morpholine rings is 1. The lowest BCUT2D eigenvalue weighted by atomic mass is 9.93. The maximum atomic E-state index is 5.90. The van der Waals surface area contributed by atoms with E-state index in [0.717, 1.165) is 26.4 Å². The molecule has 0 spiro atoms. The van der Waals surface area contributed by atoms with Crippen LogP contribution in [0.2, 0.25) is 0 Å². The number of rotatable bonds is 4. The van der Waals surface area contributed by atoms with Gasteiger partial charge in [0.1, 0.15) is 0 Å². The molecule has 0 aromatic rings. The predicted molar refractivity (Wildman–Crippen MR) is 73.8 cm³/mol. The van der Waals surface area contributed by atoms with E-state index in [2.05, 4.69) is 32.6 Å². The highest BCUT2D eigenvalue weighted by atomic mass is 16.5. The first-order valence-corrected chi connectivity index (χ1v) is 7.43. The molecule has 0 aliphatic carbocycles. The fourth-order valence-electron chi connectivity index (χ4n) is 3.02. The van der Waals surface area contributed by atoms with Gasteiger partial charge in [0.15, 0.2) is 0 Å². The van der Waals surface area contributed by atoms with E-state index in [1.165, 1.54) is 19.3 Å². The molecule has 2 bridgehead atoms. The van der Waals surface area contributed by atoms with E-state index >= 15 is 0 Å². The first-order chi connectivity index (χ1) is 8.46. The molecule has 0 aromatic carbocycles. The zero-order chi connectivity index (χ0) is 13.2. The van der Waals surface area contributed by atoms with Gasteiger partial charge in [-0.2, -0.15) is 0 Å². The molecule has 2 rings (SSSR count). The number of fused-ring (bicyclic) bond motifs is 2. The van der Waals surface area contributed by atoms with Crippen molar-refractivity contribution in [2.24, 2.45) is 5.92 Å². The van der Waals surface area contributed by atoms with Gasteiger partial charge in [0, 0.05) is 18.6 Å². The maximum Gasteiger partial charge on any atom is 0.0622 e. The highest BCUT2D eigenvalue weighted by Gasteiger charge is 2.35. The Morgan fingerprint density at radius 1 is 1.22 bits per heavy atom. The van der Waals surface area contributed by atoms with Crippen LogP contribution in [0.3, 0.4) is 0 Å². The summed E-state index contributed by atoms with van der Waals surface area (Å²) in [4.78, 5) is 2.68. The molecule has 0 amide bonds. The first kappa shape index (κ1) is 14.3. The van der Waals surface area contributed by atoms with E-state index in [4.69, 9.17) is 9.47 Å². The van der Waals surface area contributed by atoms with Crippen LogP contribution in [0, 0.1) is 5.92 Å². The van der Waals surface area contributed by atoms with E-state index in [1.807, 2.05) is 0 Å². The summed E-state index contributed by atoms with van der Waals surface area (Å²) in [7, 11) is 0. The molecule has 0 saturated carbocycles. The number of ether oxygens (including phenoxy) is 2. The summed E-state index contributed by atoms with van der Waals surface area (Å²) in [6.45, 7) is 12.6. The summed E-state index contributed by atoms with van der Waals surface area (Å²) in [6.07, 6.45) is 3.99. The quantitative estimate of drug-likeness (QED) is 0.771. The SMILES string of the molecule is C[C@@H](COC(C)(C)C)CN1C2CCCC1COC2. The van der Waals surface area contributed by atoms with Crippen molar-refractivity contribution in [2.75, 3.05) is 26.4 Å². The van der Waals surface area contributed by atoms with Crippen LogP contribution in [0.5, 0.6) is 0 Å². The second-order valence-electron chi connectivity index (χ2n) is 7.00. The van der Waals surface area contributed by atoms with Crippen molar-refractivity contribution in [3.8, 4) is 0 Å². The van der Waals surface area contributed by atoms with Crippen molar-refractivity contribution in [3.05, 3.63) is 0 Å². The Morgan fingerprint density at radius 3 is 2.39 bits per heavy atom. The summed E-state index contributed by atoms with van der Waals surface area (Å²) in [5, 5.41) is 0. The Kier molecular flexibility index (Phi) is 4.68. The van der Waals surface area contributed by atoms with E-state index < -0.39 is 0 Å². The van der Waals surface area contributed by atoms with Crippen molar-refractivity contribution < 1.29 is 9.47 Å². The zero-order valence-electron chi connectivity index (χ0n) is 12.4. The highest BCUT2D eigenvalue weighted by Crippen LogP contribution is 2.28. The monoisotopic (exact) mass is 255 g/mol. The molecular formula is C15H29NO2. The average Bonchev–Trinajstić information content (AvgIpc) is 2.25. The number of hydrogen-bond donors (Lipinski definition) is 0. The molecule has 2 aliphatic rings. The average molecular weight is 255 g/mol. The molecule has 2 aliphatic heterocycles. The molecule has 0 radical (unpaired) electrons. The highest BCUT2D eigenvalue weighted by molar-refractivity contribution is 4.88. The van der Waals surface area contributed by atoms with Gasteiger partial charge in [0.2, 0.25) is 0 Å². The van der Waals surface area contributed by atoms with Gasteiger partial charge < -0.3 is 9.47 Å². The molecule has 3 atom stereocenters. The van der Waals surface area contributed by atoms with Crippen LogP contribution in [0.15, 0.2) is 0 Å². The van der Waals surface area contributed by atoms with Crippen LogP contribution in [0.25, 0.3) is 0 Å². The summed E-state index contributed by atoms with van der Waals surface area (Å²) >= 11 is 0. The Hall–Kier alpha value is -0.120. The van der Waals surface area contributed by atoms with Crippen LogP contribution in [0.4, 0.5) is 0 Å². The summed E-state index contributed by atoms with van der Waals surface area (Å²) in [5.74, 6) is 0.602. The van der Waals surface area contributed by atoms with Crippen molar-refractivity contribution in [1.29, 1.82) is 0 Å². The van der Waals surface area contributed by atoms with E-state index in [1.54, 1.807) is 0 Å². The summed E-state index contributed by atoms with van der Waals surface area (Å²) in [6, 6.07) is 1.32. The third-order valence-electron chi connectivity index (χ3n) is 3.96. The van der Waals surface area contributed by atoms with Crippen molar-refractivity contribution in [2.45, 2.75) is 64.6 Å². The molecule has 3 nitrogen and oxygen atoms in total. The molecule has 106 valence electrons. The first-order valence-electron chi connectivity index (χ1n) is 7.43. The molecule has 0 aromatic heterocycles. The van der Waals surface area contributed by atoms with E-state index in [0.29, 0.717) is 18.0 Å². The third-order valence-corrected chi connectivity index (χ3v) is 3.96. The minimum Gasteiger partial charge on any atom is -0.378 e. The van der Waals surface area contributed by atoms with Gasteiger partial charge in [0.25, 0.3) is 0 Å². The van der Waals surface area contributed by atoms with Gasteiger partial charge >= 0.3 is 0 Å².